The second-order valence-corrected chi connectivity index (χ2v) is 5.68. The summed E-state index contributed by atoms with van der Waals surface area (Å²) in [6.45, 7) is 4.09. The Bertz CT molecular complexity index is 701. The zero-order valence-corrected chi connectivity index (χ0v) is 13.8. The molecule has 0 bridgehead atoms. The topological polar surface area (TPSA) is 68.4 Å². The highest BCUT2D eigenvalue weighted by Crippen LogP contribution is 2.30. The molecule has 5 heteroatoms. The number of benzene rings is 1. The van der Waals surface area contributed by atoms with E-state index in [9.17, 15) is 9.59 Å². The minimum atomic E-state index is -0.560. The second kappa shape index (κ2) is 7.13. The van der Waals surface area contributed by atoms with Crippen LogP contribution in [0.15, 0.2) is 30.3 Å². The second-order valence-electron chi connectivity index (χ2n) is 5.68. The van der Waals surface area contributed by atoms with Gasteiger partial charge >= 0.3 is 11.9 Å². The van der Waals surface area contributed by atoms with E-state index in [0.717, 1.165) is 5.56 Å². The Kier molecular flexibility index (Phi) is 5.21. The van der Waals surface area contributed by atoms with Crippen LogP contribution in [-0.2, 0) is 15.9 Å². The van der Waals surface area contributed by atoms with Crippen LogP contribution in [0.3, 0.4) is 0 Å². The SMILES string of the molecule is COC(=O)c1c(CC(C)C)[nH]c(-c2ccccc2)c1C(=O)OC. The molecule has 1 aromatic heterocycles. The van der Waals surface area contributed by atoms with Crippen LogP contribution >= 0.6 is 0 Å². The lowest BCUT2D eigenvalue weighted by atomic mass is 10.0. The van der Waals surface area contributed by atoms with Gasteiger partial charge in [0.1, 0.15) is 0 Å². The Labute approximate surface area is 135 Å². The third-order valence-electron chi connectivity index (χ3n) is 3.53. The highest BCUT2D eigenvalue weighted by Gasteiger charge is 2.29. The van der Waals surface area contributed by atoms with Crippen molar-refractivity contribution in [1.82, 2.24) is 4.98 Å². The molecule has 0 fully saturated rings. The molecule has 2 aromatic rings. The average Bonchev–Trinajstić information content (AvgIpc) is 2.92. The van der Waals surface area contributed by atoms with Crippen LogP contribution in [0, 0.1) is 5.92 Å². The number of nitrogens with one attached hydrogen (secondary N) is 1. The van der Waals surface area contributed by atoms with E-state index in [1.165, 1.54) is 14.2 Å². The molecule has 23 heavy (non-hydrogen) atoms. The minimum Gasteiger partial charge on any atom is -0.465 e. The van der Waals surface area contributed by atoms with Gasteiger partial charge in [0.25, 0.3) is 0 Å². The molecule has 1 heterocycles. The third-order valence-corrected chi connectivity index (χ3v) is 3.53. The molecule has 0 aliphatic heterocycles. The summed E-state index contributed by atoms with van der Waals surface area (Å²) in [6.07, 6.45) is 0.626. The van der Waals surface area contributed by atoms with Crippen LogP contribution in [0.4, 0.5) is 0 Å². The molecule has 2 rings (SSSR count). The Balaban J connectivity index is 2.73. The highest BCUT2D eigenvalue weighted by molar-refractivity contribution is 6.08. The van der Waals surface area contributed by atoms with Crippen LogP contribution in [0.2, 0.25) is 0 Å². The fourth-order valence-corrected chi connectivity index (χ4v) is 2.57. The van der Waals surface area contributed by atoms with Gasteiger partial charge in [0, 0.05) is 5.69 Å². The molecule has 1 N–H and O–H groups in total. The van der Waals surface area contributed by atoms with Crippen molar-refractivity contribution >= 4 is 11.9 Å². The van der Waals surface area contributed by atoms with Crippen molar-refractivity contribution in [1.29, 1.82) is 0 Å². The van der Waals surface area contributed by atoms with Crippen LogP contribution in [0.25, 0.3) is 11.3 Å². The first-order valence-corrected chi connectivity index (χ1v) is 7.46. The van der Waals surface area contributed by atoms with Gasteiger partial charge in [0.05, 0.1) is 31.0 Å². The van der Waals surface area contributed by atoms with Gasteiger partial charge in [-0.1, -0.05) is 44.2 Å². The first-order valence-electron chi connectivity index (χ1n) is 7.46. The maximum Gasteiger partial charge on any atom is 0.340 e. The Morgan fingerprint density at radius 1 is 1.00 bits per heavy atom. The fraction of sp³-hybridized carbons (Fsp3) is 0.333. The number of esters is 2. The number of ether oxygens (including phenoxy) is 2. The lowest BCUT2D eigenvalue weighted by Gasteiger charge is -2.07. The number of rotatable bonds is 5. The largest absolute Gasteiger partial charge is 0.465 e. The highest BCUT2D eigenvalue weighted by atomic mass is 16.5. The van der Waals surface area contributed by atoms with Crippen molar-refractivity contribution < 1.29 is 19.1 Å². The Hall–Kier alpha value is -2.56. The normalized spacial score (nSPS) is 10.7. The zero-order chi connectivity index (χ0) is 17.0. The maximum absolute atomic E-state index is 12.3. The third kappa shape index (κ3) is 3.44. The molecule has 0 unspecified atom stereocenters. The van der Waals surface area contributed by atoms with E-state index in [4.69, 9.17) is 9.47 Å². The number of H-pyrrole nitrogens is 1. The zero-order valence-electron chi connectivity index (χ0n) is 13.8. The van der Waals surface area contributed by atoms with Crippen molar-refractivity contribution in [2.24, 2.45) is 5.92 Å². The van der Waals surface area contributed by atoms with Crippen LogP contribution in [-0.4, -0.2) is 31.1 Å². The molecular weight excluding hydrogens is 294 g/mol. The molecule has 0 saturated heterocycles. The molecule has 1 aromatic carbocycles. The van der Waals surface area contributed by atoms with Crippen molar-refractivity contribution in [3.8, 4) is 11.3 Å². The van der Waals surface area contributed by atoms with E-state index in [2.05, 4.69) is 4.98 Å². The summed E-state index contributed by atoms with van der Waals surface area (Å²) in [5, 5.41) is 0. The van der Waals surface area contributed by atoms with E-state index in [0.29, 0.717) is 23.7 Å². The lowest BCUT2D eigenvalue weighted by Crippen LogP contribution is -2.12. The predicted molar refractivity (Wildman–Crippen MR) is 87.4 cm³/mol. The number of hydrogen-bond acceptors (Lipinski definition) is 4. The predicted octanol–water partition coefficient (Wildman–Crippen LogP) is 3.45. The fourth-order valence-electron chi connectivity index (χ4n) is 2.57. The molecule has 0 radical (unpaired) electrons. The number of hydrogen-bond donors (Lipinski definition) is 1. The number of carbonyl (C=O) groups is 2. The molecule has 0 aliphatic rings. The maximum atomic E-state index is 12.3. The Morgan fingerprint density at radius 3 is 2.09 bits per heavy atom. The summed E-state index contributed by atoms with van der Waals surface area (Å²) in [4.78, 5) is 27.8. The summed E-state index contributed by atoms with van der Waals surface area (Å²) in [5.41, 5.74) is 2.56. The lowest BCUT2D eigenvalue weighted by molar-refractivity contribution is 0.0556. The van der Waals surface area contributed by atoms with Crippen molar-refractivity contribution in [2.45, 2.75) is 20.3 Å². The summed E-state index contributed by atoms with van der Waals surface area (Å²) in [6, 6.07) is 9.38. The van der Waals surface area contributed by atoms with Crippen LogP contribution in [0.1, 0.15) is 40.3 Å². The Morgan fingerprint density at radius 2 is 1.57 bits per heavy atom. The molecule has 0 aliphatic carbocycles. The van der Waals surface area contributed by atoms with Gasteiger partial charge in [-0.05, 0) is 17.9 Å². The van der Waals surface area contributed by atoms with Crippen molar-refractivity contribution in [2.75, 3.05) is 14.2 Å². The quantitative estimate of drug-likeness (QED) is 0.858. The van der Waals surface area contributed by atoms with E-state index in [-0.39, 0.29) is 11.1 Å². The molecule has 0 saturated carbocycles. The summed E-state index contributed by atoms with van der Waals surface area (Å²) in [5.74, 6) is -0.791. The monoisotopic (exact) mass is 315 g/mol. The molecule has 0 spiro atoms. The van der Waals surface area contributed by atoms with Gasteiger partial charge in [0.2, 0.25) is 0 Å². The average molecular weight is 315 g/mol. The van der Waals surface area contributed by atoms with Crippen molar-refractivity contribution in [3.63, 3.8) is 0 Å². The van der Waals surface area contributed by atoms with Crippen molar-refractivity contribution in [3.05, 3.63) is 47.2 Å². The van der Waals surface area contributed by atoms with Gasteiger partial charge in [-0.25, -0.2) is 9.59 Å². The minimum absolute atomic E-state index is 0.223. The number of aromatic nitrogens is 1. The van der Waals surface area contributed by atoms with E-state index < -0.39 is 11.9 Å². The van der Waals surface area contributed by atoms with E-state index >= 15 is 0 Å². The number of carbonyl (C=O) groups excluding carboxylic acids is 2. The van der Waals surface area contributed by atoms with Gasteiger partial charge in [-0.2, -0.15) is 0 Å². The molecule has 0 atom stereocenters. The molecular formula is C18H21NO4. The molecule has 0 amide bonds. The number of aromatic amines is 1. The van der Waals surface area contributed by atoms with Gasteiger partial charge in [-0.3, -0.25) is 0 Å². The van der Waals surface area contributed by atoms with E-state index in [1.807, 2.05) is 44.2 Å². The van der Waals surface area contributed by atoms with Crippen LogP contribution in [0.5, 0.6) is 0 Å². The summed E-state index contributed by atoms with van der Waals surface area (Å²) in [7, 11) is 2.60. The van der Waals surface area contributed by atoms with Gasteiger partial charge in [-0.15, -0.1) is 0 Å². The molecule has 5 nitrogen and oxygen atoms in total. The van der Waals surface area contributed by atoms with E-state index in [1.54, 1.807) is 0 Å². The molecule has 122 valence electrons. The smallest absolute Gasteiger partial charge is 0.340 e. The first kappa shape index (κ1) is 16.8. The van der Waals surface area contributed by atoms with Crippen LogP contribution < -0.4 is 0 Å². The van der Waals surface area contributed by atoms with Gasteiger partial charge < -0.3 is 14.5 Å². The number of methoxy groups -OCH3 is 2. The first-order chi connectivity index (χ1) is 11.0. The van der Waals surface area contributed by atoms with Gasteiger partial charge in [0.15, 0.2) is 0 Å². The summed E-state index contributed by atoms with van der Waals surface area (Å²) >= 11 is 0. The summed E-state index contributed by atoms with van der Waals surface area (Å²) < 4.78 is 9.76. The standard InChI is InChI=1S/C18H21NO4/c1-11(2)10-13-14(17(20)22-3)15(18(21)23-4)16(19-13)12-8-6-5-7-9-12/h5-9,11,19H,10H2,1-4H3.